The van der Waals surface area contributed by atoms with Crippen molar-refractivity contribution in [2.45, 2.75) is 38.5 Å². The quantitative estimate of drug-likeness (QED) is 0.811. The van der Waals surface area contributed by atoms with Gasteiger partial charge in [0, 0.05) is 12.2 Å². The normalized spacial score (nSPS) is 35.4. The SMILES string of the molecule is Fc1cccc(NC(=S)NCC23CC4CC(CC(C4)C2)C3)c1. The van der Waals surface area contributed by atoms with Gasteiger partial charge in [-0.05, 0) is 92.1 Å². The molecule has 0 spiro atoms. The monoisotopic (exact) mass is 318 g/mol. The Kier molecular flexibility index (Phi) is 3.60. The van der Waals surface area contributed by atoms with Crippen LogP contribution in [0.1, 0.15) is 38.5 Å². The van der Waals surface area contributed by atoms with E-state index in [1.54, 1.807) is 6.07 Å². The van der Waals surface area contributed by atoms with Crippen LogP contribution in [0.3, 0.4) is 0 Å². The van der Waals surface area contributed by atoms with E-state index in [-0.39, 0.29) is 5.82 Å². The van der Waals surface area contributed by atoms with Crippen LogP contribution in [-0.4, -0.2) is 11.7 Å². The van der Waals surface area contributed by atoms with E-state index in [1.165, 1.54) is 50.7 Å². The molecule has 118 valence electrons. The molecule has 4 aliphatic rings. The second-order valence-corrected chi connectivity index (χ2v) is 8.14. The van der Waals surface area contributed by atoms with Crippen molar-refractivity contribution >= 4 is 23.0 Å². The third-order valence-electron chi connectivity index (χ3n) is 5.87. The van der Waals surface area contributed by atoms with Crippen LogP contribution in [0.4, 0.5) is 10.1 Å². The van der Waals surface area contributed by atoms with Crippen molar-refractivity contribution in [1.29, 1.82) is 0 Å². The van der Waals surface area contributed by atoms with Gasteiger partial charge in [-0.2, -0.15) is 0 Å². The number of thiocarbonyl (C=S) groups is 1. The molecule has 5 rings (SSSR count). The lowest BCUT2D eigenvalue weighted by Crippen LogP contribution is -2.51. The van der Waals surface area contributed by atoms with Crippen molar-refractivity contribution < 1.29 is 4.39 Å². The van der Waals surface area contributed by atoms with Crippen molar-refractivity contribution in [3.8, 4) is 0 Å². The molecule has 4 saturated carbocycles. The molecule has 0 atom stereocenters. The second-order valence-electron chi connectivity index (χ2n) is 7.74. The van der Waals surface area contributed by atoms with E-state index in [0.717, 1.165) is 24.3 Å². The van der Waals surface area contributed by atoms with Gasteiger partial charge in [0.1, 0.15) is 5.82 Å². The van der Waals surface area contributed by atoms with E-state index in [0.29, 0.717) is 16.2 Å². The van der Waals surface area contributed by atoms with Gasteiger partial charge < -0.3 is 10.6 Å². The molecule has 0 unspecified atom stereocenters. The summed E-state index contributed by atoms with van der Waals surface area (Å²) in [6.45, 7) is 0.970. The largest absolute Gasteiger partial charge is 0.362 e. The van der Waals surface area contributed by atoms with Crippen LogP contribution in [-0.2, 0) is 0 Å². The van der Waals surface area contributed by atoms with Gasteiger partial charge in [-0.3, -0.25) is 0 Å². The van der Waals surface area contributed by atoms with Crippen LogP contribution in [0.2, 0.25) is 0 Å². The molecule has 4 bridgehead atoms. The first-order valence-corrected chi connectivity index (χ1v) is 8.81. The number of anilines is 1. The molecular weight excluding hydrogens is 295 g/mol. The summed E-state index contributed by atoms with van der Waals surface area (Å²) >= 11 is 5.39. The minimum atomic E-state index is -0.242. The molecule has 0 aromatic heterocycles. The highest BCUT2D eigenvalue weighted by Gasteiger charge is 2.50. The number of benzene rings is 1. The van der Waals surface area contributed by atoms with Crippen molar-refractivity contribution in [3.63, 3.8) is 0 Å². The predicted octanol–water partition coefficient (Wildman–Crippen LogP) is 4.33. The van der Waals surface area contributed by atoms with E-state index >= 15 is 0 Å². The molecule has 0 aliphatic heterocycles. The van der Waals surface area contributed by atoms with E-state index < -0.39 is 0 Å². The lowest BCUT2D eigenvalue weighted by Gasteiger charge is -2.57. The summed E-state index contributed by atoms with van der Waals surface area (Å²) in [6.07, 6.45) is 8.50. The highest BCUT2D eigenvalue weighted by molar-refractivity contribution is 7.80. The summed E-state index contributed by atoms with van der Waals surface area (Å²) in [5, 5.41) is 7.11. The first-order valence-electron chi connectivity index (χ1n) is 8.41. The Balaban J connectivity index is 1.35. The van der Waals surface area contributed by atoms with Gasteiger partial charge in [0.05, 0.1) is 0 Å². The molecule has 4 aliphatic carbocycles. The molecular formula is C18H23FN2S. The Morgan fingerprint density at radius 1 is 1.14 bits per heavy atom. The number of hydrogen-bond donors (Lipinski definition) is 2. The number of rotatable bonds is 3. The fraction of sp³-hybridized carbons (Fsp3) is 0.611. The second kappa shape index (κ2) is 5.48. The molecule has 22 heavy (non-hydrogen) atoms. The van der Waals surface area contributed by atoms with E-state index in [1.807, 2.05) is 6.07 Å². The Morgan fingerprint density at radius 2 is 1.77 bits per heavy atom. The lowest BCUT2D eigenvalue weighted by molar-refractivity contribution is -0.0490. The highest BCUT2D eigenvalue weighted by Crippen LogP contribution is 2.59. The molecule has 1 aromatic rings. The van der Waals surface area contributed by atoms with E-state index in [4.69, 9.17) is 12.2 Å². The van der Waals surface area contributed by atoms with Crippen molar-refractivity contribution in [2.24, 2.45) is 23.2 Å². The summed E-state index contributed by atoms with van der Waals surface area (Å²) in [5.74, 6) is 2.63. The third-order valence-corrected chi connectivity index (χ3v) is 6.12. The summed E-state index contributed by atoms with van der Waals surface area (Å²) in [5.41, 5.74) is 1.17. The molecule has 0 radical (unpaired) electrons. The minimum Gasteiger partial charge on any atom is -0.362 e. The summed E-state index contributed by atoms with van der Waals surface area (Å²) < 4.78 is 13.2. The first kappa shape index (κ1) is 14.4. The summed E-state index contributed by atoms with van der Waals surface area (Å²) in [6, 6.07) is 6.44. The summed E-state index contributed by atoms with van der Waals surface area (Å²) in [4.78, 5) is 0. The van der Waals surface area contributed by atoms with Crippen LogP contribution in [0.25, 0.3) is 0 Å². The standard InChI is InChI=1S/C18H23FN2S/c19-15-2-1-3-16(7-15)21-17(22)20-11-18-8-12-4-13(9-18)6-14(5-12)10-18/h1-3,7,12-14H,4-6,8-11H2,(H2,20,21,22). The van der Waals surface area contributed by atoms with Gasteiger partial charge in [-0.15, -0.1) is 0 Å². The van der Waals surface area contributed by atoms with Crippen LogP contribution in [0.15, 0.2) is 24.3 Å². The fourth-order valence-electron chi connectivity index (χ4n) is 5.52. The zero-order chi connectivity index (χ0) is 15.2. The van der Waals surface area contributed by atoms with Gasteiger partial charge in [0.15, 0.2) is 5.11 Å². The Hall–Kier alpha value is -1.16. The molecule has 1 aromatic carbocycles. The van der Waals surface area contributed by atoms with Gasteiger partial charge in [-0.1, -0.05) is 6.07 Å². The van der Waals surface area contributed by atoms with Crippen LogP contribution in [0, 0.1) is 29.0 Å². The van der Waals surface area contributed by atoms with Crippen molar-refractivity contribution in [2.75, 3.05) is 11.9 Å². The first-order chi connectivity index (χ1) is 10.6. The number of nitrogens with one attached hydrogen (secondary N) is 2. The Labute approximate surface area is 136 Å². The minimum absolute atomic E-state index is 0.242. The maximum Gasteiger partial charge on any atom is 0.170 e. The zero-order valence-electron chi connectivity index (χ0n) is 12.8. The average Bonchev–Trinajstić information content (AvgIpc) is 2.44. The maximum atomic E-state index is 13.2. The maximum absolute atomic E-state index is 13.2. The zero-order valence-corrected chi connectivity index (χ0v) is 13.6. The molecule has 2 N–H and O–H groups in total. The van der Waals surface area contributed by atoms with Crippen LogP contribution in [0.5, 0.6) is 0 Å². The van der Waals surface area contributed by atoms with Crippen LogP contribution < -0.4 is 10.6 Å². The van der Waals surface area contributed by atoms with Gasteiger partial charge in [0.2, 0.25) is 0 Å². The topological polar surface area (TPSA) is 24.1 Å². The van der Waals surface area contributed by atoms with E-state index in [9.17, 15) is 4.39 Å². The number of hydrogen-bond acceptors (Lipinski definition) is 1. The van der Waals surface area contributed by atoms with Gasteiger partial charge >= 0.3 is 0 Å². The fourth-order valence-corrected chi connectivity index (χ4v) is 5.71. The molecule has 0 amide bonds. The van der Waals surface area contributed by atoms with Crippen LogP contribution >= 0.6 is 12.2 Å². The number of halogens is 1. The molecule has 4 heteroatoms. The Bertz CT molecular complexity index is 551. The Morgan fingerprint density at radius 3 is 2.36 bits per heavy atom. The average molecular weight is 318 g/mol. The van der Waals surface area contributed by atoms with Crippen molar-refractivity contribution in [1.82, 2.24) is 5.32 Å². The summed E-state index contributed by atoms with van der Waals surface area (Å²) in [7, 11) is 0. The molecule has 0 saturated heterocycles. The lowest BCUT2D eigenvalue weighted by atomic mass is 9.49. The third kappa shape index (κ3) is 2.85. The smallest absolute Gasteiger partial charge is 0.170 e. The highest BCUT2D eigenvalue weighted by atomic mass is 32.1. The van der Waals surface area contributed by atoms with Crippen molar-refractivity contribution in [3.05, 3.63) is 30.1 Å². The molecule has 2 nitrogen and oxygen atoms in total. The predicted molar refractivity (Wildman–Crippen MR) is 91.2 cm³/mol. The molecule has 4 fully saturated rings. The van der Waals surface area contributed by atoms with Gasteiger partial charge in [0.25, 0.3) is 0 Å². The van der Waals surface area contributed by atoms with E-state index in [2.05, 4.69) is 10.6 Å². The van der Waals surface area contributed by atoms with Gasteiger partial charge in [-0.25, -0.2) is 4.39 Å². The molecule has 0 heterocycles.